The van der Waals surface area contributed by atoms with Crippen molar-refractivity contribution >= 4 is 22.7 Å². The zero-order chi connectivity index (χ0) is 20.4. The Morgan fingerprint density at radius 2 is 1.86 bits per heavy atom. The zero-order valence-electron chi connectivity index (χ0n) is 16.7. The van der Waals surface area contributed by atoms with Crippen molar-refractivity contribution in [1.29, 1.82) is 0 Å². The van der Waals surface area contributed by atoms with Gasteiger partial charge < -0.3 is 14.5 Å². The molecule has 5 heteroatoms. The molecule has 4 rings (SSSR count). The lowest BCUT2D eigenvalue weighted by Gasteiger charge is -2.09. The Bertz CT molecular complexity index is 1190. The number of anilines is 1. The number of aryl methyl sites for hydroxylation is 3. The molecule has 0 fully saturated rings. The smallest absolute Gasteiger partial charge is 0.262 e. The fraction of sp³-hybridized carbons (Fsp3) is 0.167. The molecule has 0 bridgehead atoms. The Labute approximate surface area is 169 Å². The minimum absolute atomic E-state index is 0.0606. The number of benzene rings is 3. The number of carbonyl (C=O) groups excluding carboxylic acids is 1. The lowest BCUT2D eigenvalue weighted by Crippen LogP contribution is -2.20. The number of carbonyl (C=O) groups is 1. The lowest BCUT2D eigenvalue weighted by molar-refractivity contribution is -0.118. The average molecular weight is 386 g/mol. The summed E-state index contributed by atoms with van der Waals surface area (Å²) in [6.07, 6.45) is 0. The van der Waals surface area contributed by atoms with Gasteiger partial charge in [0.2, 0.25) is 5.89 Å². The largest absolute Gasteiger partial charge is 0.484 e. The van der Waals surface area contributed by atoms with Crippen LogP contribution < -0.4 is 10.1 Å². The van der Waals surface area contributed by atoms with E-state index in [9.17, 15) is 4.79 Å². The van der Waals surface area contributed by atoms with Crippen molar-refractivity contribution in [3.63, 3.8) is 0 Å². The van der Waals surface area contributed by atoms with E-state index >= 15 is 0 Å². The van der Waals surface area contributed by atoms with Gasteiger partial charge in [0.25, 0.3) is 5.91 Å². The molecule has 146 valence electrons. The van der Waals surface area contributed by atoms with Gasteiger partial charge in [-0.05, 0) is 79.9 Å². The monoisotopic (exact) mass is 386 g/mol. The first-order valence-corrected chi connectivity index (χ1v) is 9.45. The molecule has 0 saturated heterocycles. The minimum atomic E-state index is -0.228. The number of amides is 1. The van der Waals surface area contributed by atoms with Crippen LogP contribution in [0.5, 0.6) is 5.75 Å². The summed E-state index contributed by atoms with van der Waals surface area (Å²) in [5.41, 5.74) is 6.46. The van der Waals surface area contributed by atoms with Crippen LogP contribution in [0, 0.1) is 20.8 Å². The topological polar surface area (TPSA) is 64.4 Å². The van der Waals surface area contributed by atoms with Crippen LogP contribution in [-0.4, -0.2) is 17.5 Å². The Hall–Kier alpha value is -3.60. The standard InChI is InChI=1S/C24H22N2O3/c1-15-7-10-22-21(11-15)26-24(29-22)18-5-4-6-19(13-18)25-23(27)14-28-20-9-8-16(2)17(3)12-20/h4-13H,14H2,1-3H3,(H,25,27). The average Bonchev–Trinajstić information content (AvgIpc) is 3.12. The van der Waals surface area contributed by atoms with Crippen molar-refractivity contribution in [2.45, 2.75) is 20.8 Å². The molecule has 1 N–H and O–H groups in total. The van der Waals surface area contributed by atoms with E-state index in [-0.39, 0.29) is 12.5 Å². The Morgan fingerprint density at radius 3 is 2.69 bits per heavy atom. The minimum Gasteiger partial charge on any atom is -0.484 e. The molecular weight excluding hydrogens is 364 g/mol. The quantitative estimate of drug-likeness (QED) is 0.496. The van der Waals surface area contributed by atoms with Crippen molar-refractivity contribution in [3.05, 3.63) is 77.4 Å². The molecule has 3 aromatic carbocycles. The summed E-state index contributed by atoms with van der Waals surface area (Å²) in [6, 6.07) is 19.1. The highest BCUT2D eigenvalue weighted by atomic mass is 16.5. The SMILES string of the molecule is Cc1ccc2oc(-c3cccc(NC(=O)COc4ccc(C)c(C)c4)c3)nc2c1. The first-order valence-electron chi connectivity index (χ1n) is 9.45. The van der Waals surface area contributed by atoms with Gasteiger partial charge in [-0.15, -0.1) is 0 Å². The third-order valence-electron chi connectivity index (χ3n) is 4.78. The molecule has 0 radical (unpaired) electrons. The maximum atomic E-state index is 12.3. The number of nitrogens with zero attached hydrogens (tertiary/aromatic N) is 1. The molecule has 0 aliphatic rings. The van der Waals surface area contributed by atoms with Crippen LogP contribution in [0.1, 0.15) is 16.7 Å². The van der Waals surface area contributed by atoms with Gasteiger partial charge >= 0.3 is 0 Å². The van der Waals surface area contributed by atoms with Gasteiger partial charge in [0.1, 0.15) is 11.3 Å². The van der Waals surface area contributed by atoms with Crippen LogP contribution in [0.25, 0.3) is 22.6 Å². The first kappa shape index (κ1) is 18.7. The molecule has 0 saturated carbocycles. The lowest BCUT2D eigenvalue weighted by atomic mass is 10.1. The van der Waals surface area contributed by atoms with Gasteiger partial charge in [0.15, 0.2) is 12.2 Å². The molecule has 0 spiro atoms. The number of oxazole rings is 1. The van der Waals surface area contributed by atoms with Gasteiger partial charge in [0, 0.05) is 11.3 Å². The van der Waals surface area contributed by atoms with E-state index in [1.54, 1.807) is 0 Å². The summed E-state index contributed by atoms with van der Waals surface area (Å²) in [4.78, 5) is 16.8. The molecular formula is C24H22N2O3. The third-order valence-corrected chi connectivity index (χ3v) is 4.78. The van der Waals surface area contributed by atoms with E-state index < -0.39 is 0 Å². The Balaban J connectivity index is 1.45. The van der Waals surface area contributed by atoms with Crippen molar-refractivity contribution in [2.24, 2.45) is 0 Å². The number of aromatic nitrogens is 1. The fourth-order valence-electron chi connectivity index (χ4n) is 3.04. The molecule has 0 unspecified atom stereocenters. The summed E-state index contributed by atoms with van der Waals surface area (Å²) in [7, 11) is 0. The van der Waals surface area contributed by atoms with Crippen LogP contribution in [0.2, 0.25) is 0 Å². The number of hydrogen-bond donors (Lipinski definition) is 1. The predicted octanol–water partition coefficient (Wildman–Crippen LogP) is 5.44. The normalized spacial score (nSPS) is 10.9. The molecule has 4 aromatic rings. The van der Waals surface area contributed by atoms with Gasteiger partial charge in [-0.25, -0.2) is 4.98 Å². The molecule has 1 amide bonds. The van der Waals surface area contributed by atoms with E-state index in [2.05, 4.69) is 10.3 Å². The molecule has 0 aliphatic heterocycles. The molecule has 0 aliphatic carbocycles. The zero-order valence-corrected chi connectivity index (χ0v) is 16.7. The van der Waals surface area contributed by atoms with E-state index in [4.69, 9.17) is 9.15 Å². The molecule has 1 heterocycles. The second-order valence-electron chi connectivity index (χ2n) is 7.15. The number of nitrogens with one attached hydrogen (secondary N) is 1. The maximum absolute atomic E-state index is 12.3. The van der Waals surface area contributed by atoms with Crippen molar-refractivity contribution < 1.29 is 13.9 Å². The highest BCUT2D eigenvalue weighted by molar-refractivity contribution is 5.92. The van der Waals surface area contributed by atoms with Crippen LogP contribution >= 0.6 is 0 Å². The van der Waals surface area contributed by atoms with Crippen LogP contribution in [0.15, 0.2) is 65.1 Å². The van der Waals surface area contributed by atoms with Crippen LogP contribution in [-0.2, 0) is 4.79 Å². The predicted molar refractivity (Wildman–Crippen MR) is 114 cm³/mol. The van der Waals surface area contributed by atoms with Gasteiger partial charge in [-0.2, -0.15) is 0 Å². The highest BCUT2D eigenvalue weighted by Crippen LogP contribution is 2.26. The maximum Gasteiger partial charge on any atom is 0.262 e. The molecule has 29 heavy (non-hydrogen) atoms. The number of ether oxygens (including phenoxy) is 1. The first-order chi connectivity index (χ1) is 14.0. The van der Waals surface area contributed by atoms with Crippen molar-refractivity contribution in [1.82, 2.24) is 4.98 Å². The second kappa shape index (κ2) is 7.80. The van der Waals surface area contributed by atoms with E-state index in [1.807, 2.05) is 81.4 Å². The highest BCUT2D eigenvalue weighted by Gasteiger charge is 2.10. The second-order valence-corrected chi connectivity index (χ2v) is 7.15. The van der Waals surface area contributed by atoms with Crippen molar-refractivity contribution in [2.75, 3.05) is 11.9 Å². The summed E-state index contributed by atoms with van der Waals surface area (Å²) >= 11 is 0. The van der Waals surface area contributed by atoms with E-state index in [1.165, 1.54) is 5.56 Å². The Kier molecular flexibility index (Phi) is 5.04. The number of rotatable bonds is 5. The summed E-state index contributed by atoms with van der Waals surface area (Å²) in [5, 5.41) is 2.86. The number of hydrogen-bond acceptors (Lipinski definition) is 4. The number of fused-ring (bicyclic) bond motifs is 1. The van der Waals surface area contributed by atoms with Crippen LogP contribution in [0.3, 0.4) is 0 Å². The fourth-order valence-corrected chi connectivity index (χ4v) is 3.04. The van der Waals surface area contributed by atoms with E-state index in [0.29, 0.717) is 17.3 Å². The molecule has 0 atom stereocenters. The summed E-state index contributed by atoms with van der Waals surface area (Å²) < 4.78 is 11.4. The van der Waals surface area contributed by atoms with Gasteiger partial charge in [-0.1, -0.05) is 18.2 Å². The summed E-state index contributed by atoms with van der Waals surface area (Å²) in [5.74, 6) is 0.973. The van der Waals surface area contributed by atoms with Gasteiger partial charge in [-0.3, -0.25) is 4.79 Å². The molecule has 1 aromatic heterocycles. The van der Waals surface area contributed by atoms with Crippen LogP contribution in [0.4, 0.5) is 5.69 Å². The summed E-state index contributed by atoms with van der Waals surface area (Å²) in [6.45, 7) is 6.01. The van der Waals surface area contributed by atoms with E-state index in [0.717, 1.165) is 27.8 Å². The van der Waals surface area contributed by atoms with Crippen molar-refractivity contribution in [3.8, 4) is 17.2 Å². The Morgan fingerprint density at radius 1 is 1.00 bits per heavy atom. The van der Waals surface area contributed by atoms with Gasteiger partial charge in [0.05, 0.1) is 0 Å². The molecule has 5 nitrogen and oxygen atoms in total. The third kappa shape index (κ3) is 4.29.